The van der Waals surface area contributed by atoms with Gasteiger partial charge in [-0.1, -0.05) is 11.1 Å². The lowest BCUT2D eigenvalue weighted by atomic mass is 10.1. The van der Waals surface area contributed by atoms with Crippen molar-refractivity contribution in [1.29, 1.82) is 0 Å². The van der Waals surface area contributed by atoms with Crippen LogP contribution in [0.2, 0.25) is 0 Å². The lowest BCUT2D eigenvalue weighted by molar-refractivity contribution is 0.180. The van der Waals surface area contributed by atoms with Gasteiger partial charge in [0.15, 0.2) is 18.1 Å². The largest absolute Gasteiger partial charge is 0.493 e. The molecule has 0 fully saturated rings. The molecule has 0 unspecified atom stereocenters. The first-order chi connectivity index (χ1) is 15.6. The van der Waals surface area contributed by atoms with Gasteiger partial charge in [0.2, 0.25) is 0 Å². The molecule has 1 aliphatic rings. The van der Waals surface area contributed by atoms with Crippen molar-refractivity contribution in [3.05, 3.63) is 41.5 Å². The standard InChI is InChI=1S/C25H27N3O4/c1-6-7-11-32-27-25-18-15-22(30-5)21(29-4)14-17(18)24-23(25)19-13-16(8-9-20(19)26-24)31-12-10-28(2)3/h8-9,13-15,26H,10-12H2,1-5H3. The van der Waals surface area contributed by atoms with Gasteiger partial charge in [-0.25, -0.2) is 0 Å². The van der Waals surface area contributed by atoms with E-state index < -0.39 is 0 Å². The molecule has 4 rings (SSSR count). The number of oxime groups is 1. The smallest absolute Gasteiger partial charge is 0.177 e. The topological polar surface area (TPSA) is 68.3 Å². The van der Waals surface area contributed by atoms with Gasteiger partial charge in [-0.2, -0.15) is 0 Å². The predicted molar refractivity (Wildman–Crippen MR) is 126 cm³/mol. The maximum Gasteiger partial charge on any atom is 0.177 e. The Kier molecular flexibility index (Phi) is 6.24. The highest BCUT2D eigenvalue weighted by Gasteiger charge is 2.32. The lowest BCUT2D eigenvalue weighted by Crippen LogP contribution is -2.19. The Hall–Kier alpha value is -3.63. The van der Waals surface area contributed by atoms with Crippen molar-refractivity contribution in [1.82, 2.24) is 9.88 Å². The van der Waals surface area contributed by atoms with Crippen LogP contribution in [0, 0.1) is 11.8 Å². The number of fused-ring (bicyclic) bond motifs is 5. The van der Waals surface area contributed by atoms with Crippen molar-refractivity contribution < 1.29 is 19.0 Å². The molecule has 166 valence electrons. The van der Waals surface area contributed by atoms with Crippen LogP contribution in [-0.4, -0.2) is 63.7 Å². The van der Waals surface area contributed by atoms with Crippen LogP contribution in [0.15, 0.2) is 35.5 Å². The van der Waals surface area contributed by atoms with E-state index in [1.165, 1.54) is 0 Å². The van der Waals surface area contributed by atoms with Crippen LogP contribution in [0.4, 0.5) is 0 Å². The molecule has 0 saturated heterocycles. The quantitative estimate of drug-likeness (QED) is 0.259. The van der Waals surface area contributed by atoms with Crippen LogP contribution in [0.1, 0.15) is 18.1 Å². The monoisotopic (exact) mass is 433 g/mol. The summed E-state index contributed by atoms with van der Waals surface area (Å²) in [7, 11) is 7.30. The summed E-state index contributed by atoms with van der Waals surface area (Å²) in [5, 5.41) is 5.48. The fourth-order valence-corrected chi connectivity index (χ4v) is 3.77. The zero-order valence-corrected chi connectivity index (χ0v) is 19.0. The summed E-state index contributed by atoms with van der Waals surface area (Å²) in [6, 6.07) is 9.94. The number of methoxy groups -OCH3 is 2. The molecular weight excluding hydrogens is 406 g/mol. The summed E-state index contributed by atoms with van der Waals surface area (Å²) >= 11 is 0. The van der Waals surface area contributed by atoms with Gasteiger partial charge in [0, 0.05) is 34.1 Å². The van der Waals surface area contributed by atoms with E-state index in [9.17, 15) is 0 Å². The Morgan fingerprint density at radius 1 is 1.03 bits per heavy atom. The highest BCUT2D eigenvalue weighted by atomic mass is 16.6. The van der Waals surface area contributed by atoms with E-state index >= 15 is 0 Å². The second-order valence-electron chi connectivity index (χ2n) is 7.63. The molecule has 0 atom stereocenters. The van der Waals surface area contributed by atoms with Crippen molar-refractivity contribution in [3.63, 3.8) is 0 Å². The van der Waals surface area contributed by atoms with Crippen LogP contribution in [0.5, 0.6) is 17.2 Å². The third-order valence-corrected chi connectivity index (χ3v) is 5.33. The molecule has 1 N–H and O–H groups in total. The highest BCUT2D eigenvalue weighted by Crippen LogP contribution is 2.45. The molecule has 32 heavy (non-hydrogen) atoms. The number of rotatable bonds is 8. The van der Waals surface area contributed by atoms with Crippen LogP contribution in [0.25, 0.3) is 22.2 Å². The van der Waals surface area contributed by atoms with Gasteiger partial charge in [0.05, 0.1) is 19.9 Å². The fraction of sp³-hybridized carbons (Fsp3) is 0.320. The molecule has 1 aromatic heterocycles. The first-order valence-electron chi connectivity index (χ1n) is 10.4. The van der Waals surface area contributed by atoms with E-state index in [2.05, 4.69) is 26.9 Å². The molecule has 0 bridgehead atoms. The summed E-state index contributed by atoms with van der Waals surface area (Å²) in [6.45, 7) is 3.44. The number of benzene rings is 2. The Bertz CT molecular complexity index is 1230. The number of aromatic nitrogens is 1. The molecule has 7 heteroatoms. The fourth-order valence-electron chi connectivity index (χ4n) is 3.77. The maximum absolute atomic E-state index is 5.97. The minimum atomic E-state index is 0.221. The molecule has 1 heterocycles. The molecule has 0 spiro atoms. The Balaban J connectivity index is 1.83. The number of aromatic amines is 1. The summed E-state index contributed by atoms with van der Waals surface area (Å²) in [4.78, 5) is 11.2. The number of ether oxygens (including phenoxy) is 3. The van der Waals surface area contributed by atoms with Crippen LogP contribution >= 0.6 is 0 Å². The van der Waals surface area contributed by atoms with E-state index in [1.807, 2.05) is 44.4 Å². The van der Waals surface area contributed by atoms with Gasteiger partial charge in [-0.15, -0.1) is 5.92 Å². The molecular formula is C25H27N3O4. The average Bonchev–Trinajstić information content (AvgIpc) is 3.30. The van der Waals surface area contributed by atoms with Gasteiger partial charge < -0.3 is 28.9 Å². The van der Waals surface area contributed by atoms with Crippen LogP contribution < -0.4 is 14.2 Å². The molecule has 0 saturated carbocycles. The number of likely N-dealkylation sites (N-methyl/N-ethyl adjacent to an activating group) is 1. The number of H-pyrrole nitrogens is 1. The van der Waals surface area contributed by atoms with Crippen molar-refractivity contribution >= 4 is 16.6 Å². The average molecular weight is 434 g/mol. The van der Waals surface area contributed by atoms with E-state index in [0.717, 1.165) is 51.3 Å². The molecule has 1 aliphatic carbocycles. The molecule has 2 aromatic carbocycles. The Morgan fingerprint density at radius 3 is 2.47 bits per heavy atom. The van der Waals surface area contributed by atoms with Crippen molar-refractivity contribution in [3.8, 4) is 40.3 Å². The number of nitrogens with zero attached hydrogens (tertiary/aromatic N) is 2. The SMILES string of the molecule is CC#CCON=C1c2cc(OC)c(OC)cc2-c2[nH]c3ccc(OCCN(C)C)cc3c21. The maximum atomic E-state index is 5.97. The van der Waals surface area contributed by atoms with Gasteiger partial charge in [0.1, 0.15) is 18.1 Å². The summed E-state index contributed by atoms with van der Waals surface area (Å²) in [5.74, 6) is 7.79. The molecule has 3 aromatic rings. The lowest BCUT2D eigenvalue weighted by Gasteiger charge is -2.12. The molecule has 0 amide bonds. The second kappa shape index (κ2) is 9.25. The number of hydrogen-bond acceptors (Lipinski definition) is 6. The van der Waals surface area contributed by atoms with Crippen LogP contribution in [0.3, 0.4) is 0 Å². The molecule has 7 nitrogen and oxygen atoms in total. The third-order valence-electron chi connectivity index (χ3n) is 5.33. The minimum Gasteiger partial charge on any atom is -0.493 e. The highest BCUT2D eigenvalue weighted by molar-refractivity contribution is 6.30. The van der Waals surface area contributed by atoms with E-state index in [0.29, 0.717) is 18.1 Å². The van der Waals surface area contributed by atoms with Gasteiger partial charge >= 0.3 is 0 Å². The first kappa shape index (κ1) is 21.6. The Morgan fingerprint density at radius 2 is 1.78 bits per heavy atom. The first-order valence-corrected chi connectivity index (χ1v) is 10.4. The van der Waals surface area contributed by atoms with Gasteiger partial charge in [-0.3, -0.25) is 0 Å². The van der Waals surface area contributed by atoms with Crippen molar-refractivity contribution in [2.45, 2.75) is 6.92 Å². The molecule has 0 aliphatic heterocycles. The second-order valence-corrected chi connectivity index (χ2v) is 7.63. The molecule has 0 radical (unpaired) electrons. The van der Waals surface area contributed by atoms with Crippen molar-refractivity contribution in [2.24, 2.45) is 5.16 Å². The van der Waals surface area contributed by atoms with E-state index in [4.69, 9.17) is 19.0 Å². The summed E-state index contributed by atoms with van der Waals surface area (Å²) < 4.78 is 17.0. The van der Waals surface area contributed by atoms with E-state index in [1.54, 1.807) is 21.1 Å². The van der Waals surface area contributed by atoms with Gasteiger partial charge in [-0.05, 0) is 51.4 Å². The zero-order chi connectivity index (χ0) is 22.7. The van der Waals surface area contributed by atoms with Crippen LogP contribution in [-0.2, 0) is 4.84 Å². The summed E-state index contributed by atoms with van der Waals surface area (Å²) in [5.41, 5.74) is 5.54. The normalized spacial score (nSPS) is 13.0. The Labute approximate surface area is 187 Å². The number of hydrogen-bond donors (Lipinski definition) is 1. The third kappa shape index (κ3) is 3.97. The zero-order valence-electron chi connectivity index (χ0n) is 19.0. The minimum absolute atomic E-state index is 0.221. The van der Waals surface area contributed by atoms with Gasteiger partial charge in [0.25, 0.3) is 0 Å². The predicted octanol–water partition coefficient (Wildman–Crippen LogP) is 3.90. The van der Waals surface area contributed by atoms with E-state index in [-0.39, 0.29) is 6.61 Å². The number of nitrogens with one attached hydrogen (secondary N) is 1. The van der Waals surface area contributed by atoms with Crippen molar-refractivity contribution in [2.75, 3.05) is 48.1 Å². The summed E-state index contributed by atoms with van der Waals surface area (Å²) in [6.07, 6.45) is 0.